The van der Waals surface area contributed by atoms with Crippen LogP contribution in [0.1, 0.15) is 103 Å². The van der Waals surface area contributed by atoms with E-state index in [1.807, 2.05) is 56.4 Å². The summed E-state index contributed by atoms with van der Waals surface area (Å²) in [4.78, 5) is 46.4. The molecule has 4 aliphatic rings. The molecule has 2 aliphatic heterocycles. The van der Waals surface area contributed by atoms with Gasteiger partial charge in [-0.3, -0.25) is 14.4 Å². The summed E-state index contributed by atoms with van der Waals surface area (Å²) in [6.45, 7) is 5.45. The van der Waals surface area contributed by atoms with E-state index in [-0.39, 0.29) is 44.2 Å². The minimum Gasteiger partial charge on any atom is -0.496 e. The van der Waals surface area contributed by atoms with Crippen LogP contribution < -0.4 is 19.7 Å². The number of hydrogen-bond donors (Lipinski definition) is 2. The van der Waals surface area contributed by atoms with Crippen LogP contribution in [0.2, 0.25) is 0 Å². The number of fused-ring (bicyclic) bond motifs is 2. The summed E-state index contributed by atoms with van der Waals surface area (Å²) in [5.41, 5.74) is 4.36. The van der Waals surface area contributed by atoms with Gasteiger partial charge >= 0.3 is 13.1 Å². The first-order valence-electron chi connectivity index (χ1n) is 20.8. The van der Waals surface area contributed by atoms with E-state index in [9.17, 15) is 19.6 Å². The van der Waals surface area contributed by atoms with Gasteiger partial charge in [-0.2, -0.15) is 0 Å². The molecule has 2 amide bonds. The molecule has 2 fully saturated rings. The molecule has 3 heterocycles. The fraction of sp³-hybridized carbons (Fsp3) is 0.477. The Morgan fingerprint density at radius 2 is 1.75 bits per heavy atom. The van der Waals surface area contributed by atoms with E-state index in [2.05, 4.69) is 10.3 Å². The molecule has 0 radical (unpaired) electrons. The van der Waals surface area contributed by atoms with E-state index >= 15 is 4.79 Å². The third kappa shape index (κ3) is 8.67. The maximum atomic E-state index is 15.1. The highest BCUT2D eigenvalue weighted by Crippen LogP contribution is 2.42. The molecule has 2 aliphatic carbocycles. The molecule has 14 nitrogen and oxygen atoms in total. The standard InChI is InChI=1S/C44H52BN5O9/c1-27(2)50-22-31(46-47-50)26-58-39-17-16-37(45(54)55)36-18-19-49(38(41(36)39)23-48-21-29-8-4-5-9-33(29)42(48)51)43(52)34-10-6-7-11-35(34)44(53)59-25-30-14-15-32(20-40(30)56-3)57-24-28-12-13-28/h4-5,8-9,14-17,20,22,27-28,34-35,38,54-55H,6-7,10-13,18-19,21,23-26H2,1-3H3/t34-,35+,38-/m1/s1. The molecule has 8 rings (SSSR count). The summed E-state index contributed by atoms with van der Waals surface area (Å²) in [7, 11) is -0.201. The monoisotopic (exact) mass is 805 g/mol. The van der Waals surface area contributed by atoms with E-state index in [1.54, 1.807) is 39.8 Å². The Morgan fingerprint density at radius 3 is 2.47 bits per heavy atom. The smallest absolute Gasteiger partial charge is 0.488 e. The highest BCUT2D eigenvalue weighted by Gasteiger charge is 2.45. The molecule has 0 spiro atoms. The zero-order chi connectivity index (χ0) is 41.2. The van der Waals surface area contributed by atoms with Crippen LogP contribution in [0.15, 0.2) is 60.8 Å². The van der Waals surface area contributed by atoms with Crippen molar-refractivity contribution in [2.24, 2.45) is 17.8 Å². The van der Waals surface area contributed by atoms with Gasteiger partial charge in [0, 0.05) is 48.4 Å². The summed E-state index contributed by atoms with van der Waals surface area (Å²) in [5, 5.41) is 29.6. The maximum absolute atomic E-state index is 15.1. The summed E-state index contributed by atoms with van der Waals surface area (Å²) in [6.07, 6.45) is 7.05. The van der Waals surface area contributed by atoms with Crippen molar-refractivity contribution in [2.75, 3.05) is 26.8 Å². The number of rotatable bonds is 15. The van der Waals surface area contributed by atoms with Crippen LogP contribution in [-0.4, -0.2) is 86.5 Å². The minimum atomic E-state index is -1.77. The third-order valence-electron chi connectivity index (χ3n) is 12.2. The molecule has 0 bridgehead atoms. The van der Waals surface area contributed by atoms with Crippen molar-refractivity contribution in [3.05, 3.63) is 94.3 Å². The van der Waals surface area contributed by atoms with Gasteiger partial charge in [-0.05, 0) is 92.7 Å². The van der Waals surface area contributed by atoms with Crippen molar-refractivity contribution in [2.45, 2.75) is 90.6 Å². The van der Waals surface area contributed by atoms with Crippen molar-refractivity contribution in [3.63, 3.8) is 0 Å². The number of ether oxygens (including phenoxy) is 4. The van der Waals surface area contributed by atoms with Gasteiger partial charge in [-0.25, -0.2) is 4.68 Å². The highest BCUT2D eigenvalue weighted by atomic mass is 16.5. The zero-order valence-corrected chi connectivity index (χ0v) is 33.9. The lowest BCUT2D eigenvalue weighted by Crippen LogP contribution is -2.51. The van der Waals surface area contributed by atoms with Crippen molar-refractivity contribution in [3.8, 4) is 17.2 Å². The number of esters is 1. The molecule has 59 heavy (non-hydrogen) atoms. The van der Waals surface area contributed by atoms with Crippen molar-refractivity contribution in [1.82, 2.24) is 24.8 Å². The average molecular weight is 806 g/mol. The first-order valence-corrected chi connectivity index (χ1v) is 20.8. The predicted octanol–water partition coefficient (Wildman–Crippen LogP) is 4.55. The van der Waals surface area contributed by atoms with Crippen LogP contribution >= 0.6 is 0 Å². The van der Waals surface area contributed by atoms with E-state index in [4.69, 9.17) is 18.9 Å². The summed E-state index contributed by atoms with van der Waals surface area (Å²) < 4.78 is 25.7. The third-order valence-corrected chi connectivity index (χ3v) is 12.2. The van der Waals surface area contributed by atoms with Crippen LogP contribution in [0, 0.1) is 17.8 Å². The summed E-state index contributed by atoms with van der Waals surface area (Å²) in [6, 6.07) is 15.7. The van der Waals surface area contributed by atoms with Crippen LogP contribution in [0.5, 0.6) is 17.2 Å². The molecular formula is C44H52BN5O9. The lowest BCUT2D eigenvalue weighted by molar-refractivity contribution is -0.159. The zero-order valence-electron chi connectivity index (χ0n) is 33.9. The number of methoxy groups -OCH3 is 1. The van der Waals surface area contributed by atoms with Gasteiger partial charge in [0.2, 0.25) is 5.91 Å². The second-order valence-corrected chi connectivity index (χ2v) is 16.5. The van der Waals surface area contributed by atoms with Gasteiger partial charge in [0.1, 0.15) is 36.2 Å². The van der Waals surface area contributed by atoms with Gasteiger partial charge < -0.3 is 38.8 Å². The van der Waals surface area contributed by atoms with Gasteiger partial charge in [0.15, 0.2) is 0 Å². The quantitative estimate of drug-likeness (QED) is 0.128. The number of aromatic nitrogens is 3. The van der Waals surface area contributed by atoms with E-state index in [0.717, 1.165) is 18.4 Å². The second kappa shape index (κ2) is 17.4. The Bertz CT molecular complexity index is 2190. The van der Waals surface area contributed by atoms with E-state index in [0.29, 0.717) is 89.0 Å². The normalized spacial score (nSPS) is 20.0. The molecule has 0 unspecified atom stereocenters. The number of amides is 2. The Kier molecular flexibility index (Phi) is 11.9. The molecular weight excluding hydrogens is 753 g/mol. The molecule has 15 heteroatoms. The molecule has 2 saturated carbocycles. The molecule has 3 aromatic carbocycles. The van der Waals surface area contributed by atoms with Crippen LogP contribution in [0.4, 0.5) is 0 Å². The second-order valence-electron chi connectivity index (χ2n) is 16.5. The van der Waals surface area contributed by atoms with E-state index in [1.165, 1.54) is 12.8 Å². The number of carbonyl (C=O) groups is 3. The largest absolute Gasteiger partial charge is 0.496 e. The molecule has 1 aromatic heterocycles. The van der Waals surface area contributed by atoms with Gasteiger partial charge in [0.05, 0.1) is 37.8 Å². The fourth-order valence-electron chi connectivity index (χ4n) is 8.73. The minimum absolute atomic E-state index is 0.0163. The molecule has 310 valence electrons. The fourth-order valence-corrected chi connectivity index (χ4v) is 8.73. The molecule has 3 atom stereocenters. The maximum Gasteiger partial charge on any atom is 0.488 e. The SMILES string of the molecule is COc1cc(OCC2CC2)ccc1COC(=O)[C@H]1CCCC[C@H]1C(=O)N1CCc2c(B(O)O)ccc(OCc3cn(C(C)C)nn3)c2[C@H]1CN1Cc2ccccc2C1=O. The lowest BCUT2D eigenvalue weighted by atomic mass is 9.72. The van der Waals surface area contributed by atoms with Crippen LogP contribution in [0.25, 0.3) is 0 Å². The van der Waals surface area contributed by atoms with Gasteiger partial charge in [-0.15, -0.1) is 5.10 Å². The number of hydrogen-bond acceptors (Lipinski definition) is 11. The van der Waals surface area contributed by atoms with Crippen LogP contribution in [-0.2, 0) is 40.5 Å². The predicted molar refractivity (Wildman–Crippen MR) is 217 cm³/mol. The topological polar surface area (TPSA) is 166 Å². The molecule has 4 aromatic rings. The van der Waals surface area contributed by atoms with Gasteiger partial charge in [-0.1, -0.05) is 42.3 Å². The summed E-state index contributed by atoms with van der Waals surface area (Å²) in [5.74, 6) is 0.174. The Balaban J connectivity index is 1.07. The first kappa shape index (κ1) is 40.4. The first-order chi connectivity index (χ1) is 28.6. The van der Waals surface area contributed by atoms with Gasteiger partial charge in [0.25, 0.3) is 5.91 Å². The number of nitrogens with zero attached hydrogens (tertiary/aromatic N) is 5. The Labute approximate surface area is 344 Å². The molecule has 2 N–H and O–H groups in total. The lowest BCUT2D eigenvalue weighted by Gasteiger charge is -2.43. The van der Waals surface area contributed by atoms with Crippen molar-refractivity contribution in [1.29, 1.82) is 0 Å². The average Bonchev–Trinajstić information content (AvgIpc) is 3.86. The summed E-state index contributed by atoms with van der Waals surface area (Å²) >= 11 is 0. The number of benzene rings is 3. The van der Waals surface area contributed by atoms with Crippen LogP contribution in [0.3, 0.4) is 0 Å². The molecule has 0 saturated heterocycles. The Morgan fingerprint density at radius 1 is 0.949 bits per heavy atom. The van der Waals surface area contributed by atoms with E-state index < -0.39 is 31.0 Å². The van der Waals surface area contributed by atoms with Crippen molar-refractivity contribution >= 4 is 30.4 Å². The number of carbonyl (C=O) groups excluding carboxylic acids is 3. The Hall–Kier alpha value is -5.41. The van der Waals surface area contributed by atoms with Crippen molar-refractivity contribution < 1.29 is 43.4 Å². The highest BCUT2D eigenvalue weighted by molar-refractivity contribution is 6.59.